The summed E-state index contributed by atoms with van der Waals surface area (Å²) in [4.78, 5) is 4.12. The number of aromatic nitrogens is 1. The number of hydrogen-bond acceptors (Lipinski definition) is 2. The number of nitrogens with two attached hydrogens (primary N) is 1. The minimum Gasteiger partial charge on any atom is -0.327 e. The fourth-order valence-corrected chi connectivity index (χ4v) is 2.21. The summed E-state index contributed by atoms with van der Waals surface area (Å²) in [5.41, 5.74) is 10.2. The molecule has 0 aliphatic heterocycles. The van der Waals surface area contributed by atoms with Crippen LogP contribution in [0.15, 0.2) is 48.8 Å². The SMILES string of the molecule is CCc1ccc(CC(N)CCc2cccnc2)cc1. The van der Waals surface area contributed by atoms with Gasteiger partial charge in [-0.15, -0.1) is 0 Å². The zero-order valence-corrected chi connectivity index (χ0v) is 11.5. The zero-order chi connectivity index (χ0) is 13.5. The first-order valence-electron chi connectivity index (χ1n) is 7.00. The molecule has 0 radical (unpaired) electrons. The molecular weight excluding hydrogens is 232 g/mol. The van der Waals surface area contributed by atoms with Crippen molar-refractivity contribution >= 4 is 0 Å². The molecule has 1 aromatic carbocycles. The highest BCUT2D eigenvalue weighted by atomic mass is 14.6. The number of aryl methyl sites for hydroxylation is 2. The van der Waals surface area contributed by atoms with E-state index in [-0.39, 0.29) is 6.04 Å². The van der Waals surface area contributed by atoms with Gasteiger partial charge in [-0.25, -0.2) is 0 Å². The van der Waals surface area contributed by atoms with Crippen LogP contribution in [0.3, 0.4) is 0 Å². The second-order valence-electron chi connectivity index (χ2n) is 5.03. The molecule has 0 bridgehead atoms. The first-order valence-corrected chi connectivity index (χ1v) is 7.00. The van der Waals surface area contributed by atoms with Gasteiger partial charge in [-0.05, 0) is 48.4 Å². The van der Waals surface area contributed by atoms with E-state index in [1.165, 1.54) is 16.7 Å². The topological polar surface area (TPSA) is 38.9 Å². The van der Waals surface area contributed by atoms with Gasteiger partial charge in [-0.3, -0.25) is 4.98 Å². The van der Waals surface area contributed by atoms with Crippen LogP contribution in [-0.2, 0) is 19.3 Å². The van der Waals surface area contributed by atoms with Crippen molar-refractivity contribution in [3.63, 3.8) is 0 Å². The smallest absolute Gasteiger partial charge is 0.0299 e. The van der Waals surface area contributed by atoms with E-state index in [1.54, 1.807) is 6.20 Å². The summed E-state index contributed by atoms with van der Waals surface area (Å²) in [6.07, 6.45) is 7.77. The maximum Gasteiger partial charge on any atom is 0.0299 e. The molecule has 2 rings (SSSR count). The molecule has 0 aliphatic rings. The first kappa shape index (κ1) is 13.8. The van der Waals surface area contributed by atoms with Crippen molar-refractivity contribution < 1.29 is 0 Å². The summed E-state index contributed by atoms with van der Waals surface area (Å²) in [6.45, 7) is 2.18. The van der Waals surface area contributed by atoms with Gasteiger partial charge in [0.05, 0.1) is 0 Å². The van der Waals surface area contributed by atoms with Crippen LogP contribution >= 0.6 is 0 Å². The number of nitrogens with zero attached hydrogens (tertiary/aromatic N) is 1. The molecule has 2 heteroatoms. The molecule has 2 N–H and O–H groups in total. The Hall–Kier alpha value is -1.67. The first-order chi connectivity index (χ1) is 9.28. The maximum atomic E-state index is 6.20. The Kier molecular flexibility index (Phi) is 5.10. The lowest BCUT2D eigenvalue weighted by Gasteiger charge is -2.12. The lowest BCUT2D eigenvalue weighted by molar-refractivity contribution is 0.609. The van der Waals surface area contributed by atoms with Crippen LogP contribution in [0.4, 0.5) is 0 Å². The quantitative estimate of drug-likeness (QED) is 0.860. The van der Waals surface area contributed by atoms with Crippen molar-refractivity contribution in [3.8, 4) is 0 Å². The molecule has 1 heterocycles. The van der Waals surface area contributed by atoms with Crippen molar-refractivity contribution in [1.29, 1.82) is 0 Å². The molecule has 19 heavy (non-hydrogen) atoms. The second-order valence-corrected chi connectivity index (χ2v) is 5.03. The highest BCUT2D eigenvalue weighted by Crippen LogP contribution is 2.10. The third kappa shape index (κ3) is 4.49. The predicted molar refractivity (Wildman–Crippen MR) is 80.1 cm³/mol. The van der Waals surface area contributed by atoms with Crippen LogP contribution in [0.5, 0.6) is 0 Å². The Morgan fingerprint density at radius 2 is 1.79 bits per heavy atom. The lowest BCUT2D eigenvalue weighted by atomic mass is 9.99. The number of rotatable bonds is 6. The molecule has 2 aromatic rings. The van der Waals surface area contributed by atoms with Gasteiger partial charge < -0.3 is 5.73 Å². The third-order valence-corrected chi connectivity index (χ3v) is 3.46. The van der Waals surface area contributed by atoms with Gasteiger partial charge in [0.1, 0.15) is 0 Å². The van der Waals surface area contributed by atoms with E-state index in [0.29, 0.717) is 0 Å². The number of hydrogen-bond donors (Lipinski definition) is 1. The Labute approximate surface area is 115 Å². The molecule has 0 fully saturated rings. The lowest BCUT2D eigenvalue weighted by Crippen LogP contribution is -2.23. The summed E-state index contributed by atoms with van der Waals surface area (Å²) in [7, 11) is 0. The molecule has 1 unspecified atom stereocenters. The van der Waals surface area contributed by atoms with E-state index in [9.17, 15) is 0 Å². The van der Waals surface area contributed by atoms with Crippen LogP contribution in [0.25, 0.3) is 0 Å². The largest absolute Gasteiger partial charge is 0.327 e. The van der Waals surface area contributed by atoms with E-state index >= 15 is 0 Å². The van der Waals surface area contributed by atoms with Crippen molar-refractivity contribution in [3.05, 3.63) is 65.5 Å². The predicted octanol–water partition coefficient (Wildman–Crippen LogP) is 3.15. The minimum atomic E-state index is 0.215. The average molecular weight is 254 g/mol. The van der Waals surface area contributed by atoms with Gasteiger partial charge in [0.15, 0.2) is 0 Å². The summed E-state index contributed by atoms with van der Waals surface area (Å²) in [5.74, 6) is 0. The summed E-state index contributed by atoms with van der Waals surface area (Å²) in [5, 5.41) is 0. The normalized spacial score (nSPS) is 12.3. The van der Waals surface area contributed by atoms with Gasteiger partial charge in [-0.1, -0.05) is 37.3 Å². The highest BCUT2D eigenvalue weighted by molar-refractivity contribution is 5.23. The summed E-state index contributed by atoms with van der Waals surface area (Å²) in [6, 6.07) is 13.1. The average Bonchev–Trinajstić information content (AvgIpc) is 2.47. The van der Waals surface area contributed by atoms with Gasteiger partial charge >= 0.3 is 0 Å². The Balaban J connectivity index is 1.82. The van der Waals surface area contributed by atoms with Crippen LogP contribution < -0.4 is 5.73 Å². The molecule has 0 aliphatic carbocycles. The van der Waals surface area contributed by atoms with E-state index in [1.807, 2.05) is 12.3 Å². The monoisotopic (exact) mass is 254 g/mol. The van der Waals surface area contributed by atoms with Crippen LogP contribution in [-0.4, -0.2) is 11.0 Å². The van der Waals surface area contributed by atoms with E-state index < -0.39 is 0 Å². The highest BCUT2D eigenvalue weighted by Gasteiger charge is 2.05. The molecular formula is C17H22N2. The van der Waals surface area contributed by atoms with Gasteiger partial charge in [0.2, 0.25) is 0 Å². The molecule has 1 atom stereocenters. The van der Waals surface area contributed by atoms with Crippen LogP contribution in [0.1, 0.15) is 30.0 Å². The van der Waals surface area contributed by atoms with Crippen molar-refractivity contribution in [2.45, 2.75) is 38.6 Å². The van der Waals surface area contributed by atoms with Crippen molar-refractivity contribution in [2.75, 3.05) is 0 Å². The Morgan fingerprint density at radius 1 is 1.05 bits per heavy atom. The fourth-order valence-electron chi connectivity index (χ4n) is 2.21. The van der Waals surface area contributed by atoms with Crippen molar-refractivity contribution in [2.24, 2.45) is 5.73 Å². The number of pyridine rings is 1. The van der Waals surface area contributed by atoms with E-state index in [2.05, 4.69) is 42.2 Å². The summed E-state index contributed by atoms with van der Waals surface area (Å²) >= 11 is 0. The standard InChI is InChI=1S/C17H22N2/c1-2-14-5-7-15(8-6-14)12-17(18)10-9-16-4-3-11-19-13-16/h3-8,11,13,17H,2,9-10,12,18H2,1H3. The van der Waals surface area contributed by atoms with E-state index in [4.69, 9.17) is 5.73 Å². The van der Waals surface area contributed by atoms with Gasteiger partial charge in [-0.2, -0.15) is 0 Å². The third-order valence-electron chi connectivity index (χ3n) is 3.46. The van der Waals surface area contributed by atoms with E-state index in [0.717, 1.165) is 25.7 Å². The molecule has 0 saturated heterocycles. The minimum absolute atomic E-state index is 0.215. The number of benzene rings is 1. The molecule has 0 amide bonds. The zero-order valence-electron chi connectivity index (χ0n) is 11.5. The van der Waals surface area contributed by atoms with Crippen LogP contribution in [0.2, 0.25) is 0 Å². The molecule has 0 spiro atoms. The molecule has 0 saturated carbocycles. The molecule has 1 aromatic heterocycles. The molecule has 100 valence electrons. The Morgan fingerprint density at radius 3 is 2.42 bits per heavy atom. The Bertz CT molecular complexity index is 476. The second kappa shape index (κ2) is 7.05. The van der Waals surface area contributed by atoms with Crippen LogP contribution in [0, 0.1) is 0 Å². The maximum absolute atomic E-state index is 6.20. The van der Waals surface area contributed by atoms with Crippen molar-refractivity contribution in [1.82, 2.24) is 4.98 Å². The molecule has 2 nitrogen and oxygen atoms in total. The van der Waals surface area contributed by atoms with Gasteiger partial charge in [0, 0.05) is 18.4 Å². The van der Waals surface area contributed by atoms with Gasteiger partial charge in [0.25, 0.3) is 0 Å². The fraction of sp³-hybridized carbons (Fsp3) is 0.353. The summed E-state index contributed by atoms with van der Waals surface area (Å²) < 4.78 is 0.